The highest BCUT2D eigenvalue weighted by Crippen LogP contribution is 2.21. The van der Waals surface area contributed by atoms with E-state index >= 15 is 0 Å². The van der Waals surface area contributed by atoms with Crippen molar-refractivity contribution >= 4 is 5.91 Å². The first-order chi connectivity index (χ1) is 7.77. The molecule has 0 saturated heterocycles. The molecule has 5 heteroatoms. The van der Waals surface area contributed by atoms with E-state index in [0.717, 1.165) is 12.8 Å². The molecule has 0 aromatic carbocycles. The molecule has 2 N–H and O–H groups in total. The summed E-state index contributed by atoms with van der Waals surface area (Å²) in [7, 11) is 3.34. The summed E-state index contributed by atoms with van der Waals surface area (Å²) in [4.78, 5) is 11.4. The number of hydrogen-bond acceptors (Lipinski definition) is 4. The maximum absolute atomic E-state index is 11.4. The second-order valence-corrected chi connectivity index (χ2v) is 4.04. The van der Waals surface area contributed by atoms with Gasteiger partial charge in [0.2, 0.25) is 5.91 Å². The van der Waals surface area contributed by atoms with Gasteiger partial charge in [-0.25, -0.2) is 0 Å². The van der Waals surface area contributed by atoms with Crippen molar-refractivity contribution in [1.82, 2.24) is 10.6 Å². The Morgan fingerprint density at radius 1 is 1.38 bits per heavy atom. The minimum atomic E-state index is 0.0128. The van der Waals surface area contributed by atoms with Gasteiger partial charge in [-0.05, 0) is 19.3 Å². The molecule has 1 amide bonds. The summed E-state index contributed by atoms with van der Waals surface area (Å²) in [6.07, 6.45) is 3.59. The van der Waals surface area contributed by atoms with E-state index in [1.54, 1.807) is 14.2 Å². The van der Waals surface area contributed by atoms with Crippen LogP contribution in [0, 0.1) is 0 Å². The Kier molecular flexibility index (Phi) is 6.37. The molecule has 1 saturated carbocycles. The van der Waals surface area contributed by atoms with Crippen molar-refractivity contribution in [3.63, 3.8) is 0 Å². The molecule has 16 heavy (non-hydrogen) atoms. The minimum absolute atomic E-state index is 0.0128. The first-order valence-electron chi connectivity index (χ1n) is 5.79. The lowest BCUT2D eigenvalue weighted by Crippen LogP contribution is -2.43. The van der Waals surface area contributed by atoms with Crippen molar-refractivity contribution in [1.29, 1.82) is 0 Å². The van der Waals surface area contributed by atoms with Crippen molar-refractivity contribution in [2.24, 2.45) is 0 Å². The van der Waals surface area contributed by atoms with Crippen molar-refractivity contribution in [2.45, 2.75) is 31.4 Å². The number of ether oxygens (including phenoxy) is 2. The van der Waals surface area contributed by atoms with Crippen LogP contribution in [0.4, 0.5) is 0 Å². The lowest BCUT2D eigenvalue weighted by atomic mass is 10.2. The van der Waals surface area contributed by atoms with Crippen molar-refractivity contribution in [2.75, 3.05) is 33.9 Å². The van der Waals surface area contributed by atoms with Crippen LogP contribution in [0.1, 0.15) is 19.3 Å². The van der Waals surface area contributed by atoms with E-state index in [1.165, 1.54) is 6.42 Å². The number of carbonyl (C=O) groups excluding carboxylic acids is 1. The van der Waals surface area contributed by atoms with Gasteiger partial charge in [-0.1, -0.05) is 0 Å². The van der Waals surface area contributed by atoms with Gasteiger partial charge in [-0.15, -0.1) is 0 Å². The number of rotatable bonds is 7. The van der Waals surface area contributed by atoms with Gasteiger partial charge in [0, 0.05) is 26.8 Å². The fraction of sp³-hybridized carbons (Fsp3) is 0.909. The molecular formula is C11H22N2O3. The van der Waals surface area contributed by atoms with Crippen LogP contribution in [0.15, 0.2) is 0 Å². The molecule has 0 bridgehead atoms. The molecule has 1 aliphatic rings. The van der Waals surface area contributed by atoms with Gasteiger partial charge < -0.3 is 20.1 Å². The van der Waals surface area contributed by atoms with Gasteiger partial charge in [0.25, 0.3) is 0 Å². The van der Waals surface area contributed by atoms with Crippen molar-refractivity contribution in [3.05, 3.63) is 0 Å². The van der Waals surface area contributed by atoms with Crippen LogP contribution in [0.5, 0.6) is 0 Å². The summed E-state index contributed by atoms with van der Waals surface area (Å²) < 4.78 is 10.2. The third-order valence-corrected chi connectivity index (χ3v) is 2.91. The Morgan fingerprint density at radius 3 is 2.88 bits per heavy atom. The van der Waals surface area contributed by atoms with Crippen LogP contribution in [-0.2, 0) is 14.3 Å². The molecular weight excluding hydrogens is 208 g/mol. The molecule has 0 spiro atoms. The number of carbonyl (C=O) groups is 1. The van der Waals surface area contributed by atoms with Crippen LogP contribution >= 0.6 is 0 Å². The molecule has 0 aliphatic heterocycles. The highest BCUT2D eigenvalue weighted by atomic mass is 16.5. The topological polar surface area (TPSA) is 59.6 Å². The van der Waals surface area contributed by atoms with Crippen LogP contribution in [0.25, 0.3) is 0 Å². The number of amides is 1. The van der Waals surface area contributed by atoms with Crippen LogP contribution in [-0.4, -0.2) is 52.0 Å². The quantitative estimate of drug-likeness (QED) is 0.600. The highest BCUT2D eigenvalue weighted by molar-refractivity contribution is 5.77. The van der Waals surface area contributed by atoms with Gasteiger partial charge in [-0.2, -0.15) is 0 Å². The lowest BCUT2D eigenvalue weighted by molar-refractivity contribution is -0.120. The van der Waals surface area contributed by atoms with Gasteiger partial charge in [0.05, 0.1) is 19.3 Å². The van der Waals surface area contributed by atoms with Crippen LogP contribution in [0.2, 0.25) is 0 Å². The average molecular weight is 230 g/mol. The summed E-state index contributed by atoms with van der Waals surface area (Å²) in [5, 5.41) is 6.00. The summed E-state index contributed by atoms with van der Waals surface area (Å²) in [5.41, 5.74) is 0. The Balaban J connectivity index is 2.11. The number of methoxy groups -OCH3 is 2. The number of nitrogens with one attached hydrogen (secondary N) is 2. The molecule has 2 atom stereocenters. The van der Waals surface area contributed by atoms with Crippen LogP contribution < -0.4 is 10.6 Å². The third-order valence-electron chi connectivity index (χ3n) is 2.91. The summed E-state index contributed by atoms with van der Waals surface area (Å²) in [6.45, 7) is 1.47. The van der Waals surface area contributed by atoms with E-state index < -0.39 is 0 Å². The van der Waals surface area contributed by atoms with E-state index in [4.69, 9.17) is 9.47 Å². The normalized spacial score (nSPS) is 24.6. The summed E-state index contributed by atoms with van der Waals surface area (Å²) in [5.74, 6) is 0.0128. The Hall–Kier alpha value is -0.650. The van der Waals surface area contributed by atoms with Gasteiger partial charge in [0.15, 0.2) is 0 Å². The standard InChI is InChI=1S/C11H22N2O3/c1-15-7-6-12-11(14)8-13-9-4-3-5-10(9)16-2/h9-10,13H,3-8H2,1-2H3,(H,12,14). The average Bonchev–Trinajstić information content (AvgIpc) is 2.74. The molecule has 5 nitrogen and oxygen atoms in total. The predicted molar refractivity (Wildman–Crippen MR) is 61.3 cm³/mol. The molecule has 0 aromatic heterocycles. The molecule has 94 valence electrons. The molecule has 0 heterocycles. The molecule has 1 fully saturated rings. The molecule has 2 unspecified atom stereocenters. The molecule has 1 aliphatic carbocycles. The highest BCUT2D eigenvalue weighted by Gasteiger charge is 2.26. The Bertz CT molecular complexity index is 211. The minimum Gasteiger partial charge on any atom is -0.383 e. The second-order valence-electron chi connectivity index (χ2n) is 4.04. The predicted octanol–water partition coefficient (Wildman–Crippen LogP) is -0.0939. The maximum atomic E-state index is 11.4. The van der Waals surface area contributed by atoms with Gasteiger partial charge >= 0.3 is 0 Å². The van der Waals surface area contributed by atoms with Gasteiger partial charge in [-0.3, -0.25) is 4.79 Å². The second kappa shape index (κ2) is 7.60. The summed E-state index contributed by atoms with van der Waals surface area (Å²) >= 11 is 0. The smallest absolute Gasteiger partial charge is 0.234 e. The Labute approximate surface area is 96.9 Å². The monoisotopic (exact) mass is 230 g/mol. The number of hydrogen-bond donors (Lipinski definition) is 2. The SMILES string of the molecule is COCCNC(=O)CNC1CCCC1OC. The summed E-state index contributed by atoms with van der Waals surface area (Å²) in [6, 6.07) is 0.318. The molecule has 0 radical (unpaired) electrons. The zero-order valence-corrected chi connectivity index (χ0v) is 10.1. The van der Waals surface area contributed by atoms with E-state index in [-0.39, 0.29) is 12.0 Å². The Morgan fingerprint density at radius 2 is 2.19 bits per heavy atom. The van der Waals surface area contributed by atoms with E-state index in [2.05, 4.69) is 10.6 Å². The fourth-order valence-corrected chi connectivity index (χ4v) is 2.02. The van der Waals surface area contributed by atoms with Crippen molar-refractivity contribution in [3.8, 4) is 0 Å². The maximum Gasteiger partial charge on any atom is 0.234 e. The zero-order valence-electron chi connectivity index (χ0n) is 10.1. The first kappa shape index (κ1) is 13.4. The largest absolute Gasteiger partial charge is 0.383 e. The van der Waals surface area contributed by atoms with E-state index in [9.17, 15) is 4.79 Å². The van der Waals surface area contributed by atoms with Gasteiger partial charge in [0.1, 0.15) is 0 Å². The molecule has 0 aromatic rings. The molecule has 1 rings (SSSR count). The first-order valence-corrected chi connectivity index (χ1v) is 5.79. The van der Waals surface area contributed by atoms with Crippen molar-refractivity contribution < 1.29 is 14.3 Å². The van der Waals surface area contributed by atoms with Crippen LogP contribution in [0.3, 0.4) is 0 Å². The van der Waals surface area contributed by atoms with E-state index in [1.807, 2.05) is 0 Å². The lowest BCUT2D eigenvalue weighted by Gasteiger charge is -2.19. The fourth-order valence-electron chi connectivity index (χ4n) is 2.02. The van der Waals surface area contributed by atoms with E-state index in [0.29, 0.717) is 25.7 Å². The third kappa shape index (κ3) is 4.47. The zero-order chi connectivity index (χ0) is 11.8.